The van der Waals surface area contributed by atoms with Crippen molar-refractivity contribution in [1.82, 2.24) is 5.32 Å². The van der Waals surface area contributed by atoms with E-state index in [1.165, 1.54) is 0 Å². The summed E-state index contributed by atoms with van der Waals surface area (Å²) in [7, 11) is 0. The molecular formula is C6H12FN. The molecule has 48 valence electrons. The zero-order chi connectivity index (χ0) is 5.98. The van der Waals surface area contributed by atoms with Crippen molar-refractivity contribution in [1.29, 1.82) is 0 Å². The molecule has 1 nitrogen and oxygen atoms in total. The largest absolute Gasteiger partial charge is 0.288 e. The van der Waals surface area contributed by atoms with Crippen molar-refractivity contribution < 1.29 is 4.39 Å². The number of alkyl halides is 1. The van der Waals surface area contributed by atoms with Gasteiger partial charge in [-0.2, -0.15) is 0 Å². The second kappa shape index (κ2) is 2.44. The molecule has 0 aliphatic carbocycles. The van der Waals surface area contributed by atoms with Crippen LogP contribution >= 0.6 is 0 Å². The summed E-state index contributed by atoms with van der Waals surface area (Å²) in [5.41, 5.74) is 0. The Labute approximate surface area is 49.3 Å². The zero-order valence-corrected chi connectivity index (χ0v) is 5.15. The van der Waals surface area contributed by atoms with Crippen molar-refractivity contribution >= 4 is 0 Å². The molecular weight excluding hydrogens is 105 g/mol. The van der Waals surface area contributed by atoms with Crippen LogP contribution in [0, 0.1) is 5.92 Å². The molecule has 0 aromatic heterocycles. The van der Waals surface area contributed by atoms with Crippen LogP contribution in [-0.4, -0.2) is 12.8 Å². The Balaban J connectivity index is 2.23. The Morgan fingerprint density at radius 3 is 2.75 bits per heavy atom. The van der Waals surface area contributed by atoms with Gasteiger partial charge in [0.2, 0.25) is 0 Å². The first kappa shape index (κ1) is 6.02. The van der Waals surface area contributed by atoms with E-state index in [0.29, 0.717) is 12.3 Å². The third kappa shape index (κ3) is 1.44. The molecule has 0 radical (unpaired) electrons. The van der Waals surface area contributed by atoms with Crippen molar-refractivity contribution in [2.24, 2.45) is 5.92 Å². The van der Waals surface area contributed by atoms with Gasteiger partial charge < -0.3 is 0 Å². The maximum atomic E-state index is 12.3. The lowest BCUT2D eigenvalue weighted by Gasteiger charge is -2.21. The fourth-order valence-electron chi connectivity index (χ4n) is 1.04. The molecule has 0 aromatic carbocycles. The van der Waals surface area contributed by atoms with Gasteiger partial charge in [-0.05, 0) is 25.3 Å². The third-order valence-corrected chi connectivity index (χ3v) is 1.61. The van der Waals surface area contributed by atoms with Crippen LogP contribution in [0.3, 0.4) is 0 Å². The third-order valence-electron chi connectivity index (χ3n) is 1.61. The smallest absolute Gasteiger partial charge is 0.151 e. The van der Waals surface area contributed by atoms with E-state index in [-0.39, 0.29) is 0 Å². The predicted molar refractivity (Wildman–Crippen MR) is 31.3 cm³/mol. The SMILES string of the molecule is CC1CCN[C@H](F)C1. The summed E-state index contributed by atoms with van der Waals surface area (Å²) in [6.07, 6.45) is 1.08. The lowest BCUT2D eigenvalue weighted by Crippen LogP contribution is -2.33. The summed E-state index contributed by atoms with van der Waals surface area (Å²) in [5, 5.41) is 2.75. The Hall–Kier alpha value is -0.110. The topological polar surface area (TPSA) is 12.0 Å². The first-order valence-electron chi connectivity index (χ1n) is 3.16. The van der Waals surface area contributed by atoms with Crippen molar-refractivity contribution in [2.75, 3.05) is 6.54 Å². The zero-order valence-electron chi connectivity index (χ0n) is 5.15. The molecule has 1 saturated heterocycles. The van der Waals surface area contributed by atoms with Gasteiger partial charge in [-0.25, -0.2) is 4.39 Å². The number of hydrogen-bond donors (Lipinski definition) is 1. The van der Waals surface area contributed by atoms with Gasteiger partial charge >= 0.3 is 0 Å². The van der Waals surface area contributed by atoms with Crippen LogP contribution in [0.4, 0.5) is 4.39 Å². The number of piperidine rings is 1. The number of nitrogens with one attached hydrogen (secondary N) is 1. The molecule has 0 bridgehead atoms. The van der Waals surface area contributed by atoms with Crippen LogP contribution in [0.1, 0.15) is 19.8 Å². The number of hydrogen-bond acceptors (Lipinski definition) is 1. The molecule has 1 aliphatic heterocycles. The first-order chi connectivity index (χ1) is 3.79. The Morgan fingerprint density at radius 1 is 1.62 bits per heavy atom. The highest BCUT2D eigenvalue weighted by molar-refractivity contribution is 4.67. The minimum Gasteiger partial charge on any atom is -0.288 e. The lowest BCUT2D eigenvalue weighted by molar-refractivity contribution is 0.185. The fraction of sp³-hybridized carbons (Fsp3) is 1.00. The van der Waals surface area contributed by atoms with Gasteiger partial charge in [-0.1, -0.05) is 6.92 Å². The van der Waals surface area contributed by atoms with Gasteiger partial charge in [0.05, 0.1) is 0 Å². The van der Waals surface area contributed by atoms with Gasteiger partial charge in [0.1, 0.15) is 0 Å². The summed E-state index contributed by atoms with van der Waals surface area (Å²) in [4.78, 5) is 0. The summed E-state index contributed by atoms with van der Waals surface area (Å²) in [6.45, 7) is 2.94. The Morgan fingerprint density at radius 2 is 2.38 bits per heavy atom. The molecule has 1 N–H and O–H groups in total. The van der Waals surface area contributed by atoms with E-state index in [4.69, 9.17) is 0 Å². The molecule has 0 aromatic rings. The normalized spacial score (nSPS) is 39.8. The van der Waals surface area contributed by atoms with Crippen LogP contribution in [0.15, 0.2) is 0 Å². The minimum atomic E-state index is -0.737. The van der Waals surface area contributed by atoms with Crippen molar-refractivity contribution in [3.05, 3.63) is 0 Å². The molecule has 2 heteroatoms. The Kier molecular flexibility index (Phi) is 1.84. The molecule has 0 saturated carbocycles. The van der Waals surface area contributed by atoms with E-state index in [1.807, 2.05) is 0 Å². The van der Waals surface area contributed by atoms with E-state index < -0.39 is 6.30 Å². The quantitative estimate of drug-likeness (QED) is 0.471. The average Bonchev–Trinajstić information content (AvgIpc) is 1.64. The summed E-state index contributed by atoms with van der Waals surface area (Å²) >= 11 is 0. The highest BCUT2D eigenvalue weighted by Crippen LogP contribution is 2.14. The standard InChI is InChI=1S/C6H12FN/c1-5-2-3-8-6(7)4-5/h5-6,8H,2-4H2,1H3/t5?,6-/m0/s1. The second-order valence-electron chi connectivity index (χ2n) is 2.55. The number of halogens is 1. The highest BCUT2D eigenvalue weighted by atomic mass is 19.1. The average molecular weight is 117 g/mol. The molecule has 1 aliphatic rings. The second-order valence-corrected chi connectivity index (χ2v) is 2.55. The van der Waals surface area contributed by atoms with Gasteiger partial charge in [-0.15, -0.1) is 0 Å². The molecule has 0 amide bonds. The molecule has 1 fully saturated rings. The van der Waals surface area contributed by atoms with E-state index in [0.717, 1.165) is 13.0 Å². The first-order valence-corrected chi connectivity index (χ1v) is 3.16. The van der Waals surface area contributed by atoms with Crippen molar-refractivity contribution in [3.8, 4) is 0 Å². The molecule has 1 unspecified atom stereocenters. The van der Waals surface area contributed by atoms with Crippen LogP contribution in [-0.2, 0) is 0 Å². The summed E-state index contributed by atoms with van der Waals surface area (Å²) in [5.74, 6) is 0.575. The minimum absolute atomic E-state index is 0.575. The molecule has 0 spiro atoms. The highest BCUT2D eigenvalue weighted by Gasteiger charge is 2.15. The molecule has 8 heavy (non-hydrogen) atoms. The van der Waals surface area contributed by atoms with Crippen LogP contribution in [0.5, 0.6) is 0 Å². The van der Waals surface area contributed by atoms with Gasteiger partial charge in [0.25, 0.3) is 0 Å². The van der Waals surface area contributed by atoms with Gasteiger partial charge in [0.15, 0.2) is 6.30 Å². The monoisotopic (exact) mass is 117 g/mol. The van der Waals surface area contributed by atoms with Gasteiger partial charge in [0, 0.05) is 0 Å². The predicted octanol–water partition coefficient (Wildman–Crippen LogP) is 1.30. The Bertz CT molecular complexity index is 66.9. The number of rotatable bonds is 0. The lowest BCUT2D eigenvalue weighted by atomic mass is 10.0. The molecule has 1 heterocycles. The van der Waals surface area contributed by atoms with Crippen LogP contribution < -0.4 is 5.32 Å². The van der Waals surface area contributed by atoms with E-state index >= 15 is 0 Å². The maximum absolute atomic E-state index is 12.3. The fourth-order valence-corrected chi connectivity index (χ4v) is 1.04. The summed E-state index contributed by atoms with van der Waals surface area (Å²) < 4.78 is 12.3. The van der Waals surface area contributed by atoms with Crippen LogP contribution in [0.2, 0.25) is 0 Å². The van der Waals surface area contributed by atoms with Crippen molar-refractivity contribution in [3.63, 3.8) is 0 Å². The van der Waals surface area contributed by atoms with Crippen LogP contribution in [0.25, 0.3) is 0 Å². The molecule has 2 atom stereocenters. The van der Waals surface area contributed by atoms with Crippen molar-refractivity contribution in [2.45, 2.75) is 26.1 Å². The van der Waals surface area contributed by atoms with Gasteiger partial charge in [-0.3, -0.25) is 5.32 Å². The molecule has 1 rings (SSSR count). The van der Waals surface area contributed by atoms with E-state index in [9.17, 15) is 4.39 Å². The van der Waals surface area contributed by atoms with E-state index in [2.05, 4.69) is 12.2 Å². The summed E-state index contributed by atoms with van der Waals surface area (Å²) in [6, 6.07) is 0. The maximum Gasteiger partial charge on any atom is 0.151 e. The van der Waals surface area contributed by atoms with E-state index in [1.54, 1.807) is 0 Å².